The van der Waals surface area contributed by atoms with E-state index in [0.717, 1.165) is 48.2 Å². The first-order valence-electron chi connectivity index (χ1n) is 9.55. The maximum atomic E-state index is 12.3. The van der Waals surface area contributed by atoms with Crippen molar-refractivity contribution in [3.63, 3.8) is 0 Å². The summed E-state index contributed by atoms with van der Waals surface area (Å²) in [6.07, 6.45) is 4.20. The van der Waals surface area contributed by atoms with E-state index in [0.29, 0.717) is 11.1 Å². The van der Waals surface area contributed by atoms with E-state index >= 15 is 0 Å². The first kappa shape index (κ1) is 20.7. The molecule has 0 fully saturated rings. The number of nitrogens with zero attached hydrogens (tertiary/aromatic N) is 1. The molecule has 0 aliphatic carbocycles. The van der Waals surface area contributed by atoms with E-state index in [1.807, 2.05) is 19.1 Å². The molecule has 0 spiro atoms. The maximum absolute atomic E-state index is 12.3. The molecule has 0 aliphatic rings. The summed E-state index contributed by atoms with van der Waals surface area (Å²) < 4.78 is 6.99. The van der Waals surface area contributed by atoms with Gasteiger partial charge in [-0.2, -0.15) is 0 Å². The molecule has 1 heterocycles. The molecule has 2 aromatic rings. The standard InChI is InChI=1S/C22H30N2O3/c1-6-7-8-9-18-20(16-10-12-17(13-11-16)22(26)27-5)19(21(23)25)15(4)24(18)14(2)3/h10-14H,6-9H2,1-5H3,(H2,23,25). The van der Waals surface area contributed by atoms with Gasteiger partial charge >= 0.3 is 5.97 Å². The Hall–Kier alpha value is -2.56. The van der Waals surface area contributed by atoms with Crippen LogP contribution in [0.5, 0.6) is 0 Å². The SMILES string of the molecule is CCCCCc1c(-c2ccc(C(=O)OC)cc2)c(C(N)=O)c(C)n1C(C)C. The van der Waals surface area contributed by atoms with Crippen LogP contribution in [-0.4, -0.2) is 23.6 Å². The minimum atomic E-state index is -0.421. The summed E-state index contributed by atoms with van der Waals surface area (Å²) in [6.45, 7) is 8.36. The molecule has 2 rings (SSSR count). The van der Waals surface area contributed by atoms with Gasteiger partial charge in [-0.05, 0) is 51.3 Å². The van der Waals surface area contributed by atoms with Crippen molar-refractivity contribution < 1.29 is 14.3 Å². The number of hydrogen-bond donors (Lipinski definition) is 1. The van der Waals surface area contributed by atoms with Crippen LogP contribution in [0.15, 0.2) is 24.3 Å². The molecule has 1 aromatic heterocycles. The smallest absolute Gasteiger partial charge is 0.337 e. The van der Waals surface area contributed by atoms with Crippen LogP contribution in [0.3, 0.4) is 0 Å². The van der Waals surface area contributed by atoms with Gasteiger partial charge in [0.15, 0.2) is 0 Å². The van der Waals surface area contributed by atoms with Crippen LogP contribution >= 0.6 is 0 Å². The average molecular weight is 370 g/mol. The quantitative estimate of drug-likeness (QED) is 0.542. The Morgan fingerprint density at radius 2 is 1.78 bits per heavy atom. The van der Waals surface area contributed by atoms with E-state index in [1.54, 1.807) is 12.1 Å². The van der Waals surface area contributed by atoms with Crippen LogP contribution in [0.2, 0.25) is 0 Å². The number of primary amides is 1. The molecule has 5 heteroatoms. The number of methoxy groups -OCH3 is 1. The molecule has 5 nitrogen and oxygen atoms in total. The number of unbranched alkanes of at least 4 members (excludes halogenated alkanes) is 2. The van der Waals surface area contributed by atoms with Crippen molar-refractivity contribution in [3.8, 4) is 11.1 Å². The average Bonchev–Trinajstić information content (AvgIpc) is 2.94. The van der Waals surface area contributed by atoms with Gasteiger partial charge in [0, 0.05) is 23.0 Å². The van der Waals surface area contributed by atoms with Crippen molar-refractivity contribution in [1.29, 1.82) is 0 Å². The lowest BCUT2D eigenvalue weighted by atomic mass is 9.96. The van der Waals surface area contributed by atoms with Gasteiger partial charge in [-0.3, -0.25) is 4.79 Å². The zero-order valence-electron chi connectivity index (χ0n) is 17.0. The van der Waals surface area contributed by atoms with Crippen molar-refractivity contribution in [1.82, 2.24) is 4.57 Å². The Balaban J connectivity index is 2.66. The van der Waals surface area contributed by atoms with Crippen molar-refractivity contribution in [2.75, 3.05) is 7.11 Å². The van der Waals surface area contributed by atoms with Crippen molar-refractivity contribution in [2.24, 2.45) is 5.73 Å². The molecule has 0 radical (unpaired) electrons. The number of amides is 1. The maximum Gasteiger partial charge on any atom is 0.337 e. The first-order chi connectivity index (χ1) is 12.8. The predicted molar refractivity (Wildman–Crippen MR) is 108 cm³/mol. The third kappa shape index (κ3) is 4.24. The Bertz CT molecular complexity index is 817. The number of benzene rings is 1. The molecule has 0 atom stereocenters. The van der Waals surface area contributed by atoms with Crippen molar-refractivity contribution >= 4 is 11.9 Å². The molecular weight excluding hydrogens is 340 g/mol. The second-order valence-corrected chi connectivity index (χ2v) is 7.14. The van der Waals surface area contributed by atoms with Crippen LogP contribution in [0.25, 0.3) is 11.1 Å². The van der Waals surface area contributed by atoms with Crippen LogP contribution in [0.1, 0.15) is 78.2 Å². The topological polar surface area (TPSA) is 74.3 Å². The van der Waals surface area contributed by atoms with E-state index in [1.165, 1.54) is 7.11 Å². The van der Waals surface area contributed by atoms with Gasteiger partial charge in [0.05, 0.1) is 18.2 Å². The van der Waals surface area contributed by atoms with Crippen molar-refractivity contribution in [3.05, 3.63) is 46.8 Å². The molecule has 146 valence electrons. The molecule has 0 bridgehead atoms. The summed E-state index contributed by atoms with van der Waals surface area (Å²) in [5.41, 5.74) is 10.6. The lowest BCUT2D eigenvalue weighted by Gasteiger charge is -2.17. The second-order valence-electron chi connectivity index (χ2n) is 7.14. The van der Waals surface area contributed by atoms with Gasteiger partial charge < -0.3 is 15.0 Å². The molecular formula is C22H30N2O3. The van der Waals surface area contributed by atoms with E-state index < -0.39 is 5.91 Å². The third-order valence-electron chi connectivity index (χ3n) is 4.93. The summed E-state index contributed by atoms with van der Waals surface area (Å²) in [4.78, 5) is 24.0. The van der Waals surface area contributed by atoms with E-state index in [4.69, 9.17) is 10.5 Å². The van der Waals surface area contributed by atoms with E-state index in [9.17, 15) is 9.59 Å². The highest BCUT2D eigenvalue weighted by Gasteiger charge is 2.25. The molecule has 27 heavy (non-hydrogen) atoms. The monoisotopic (exact) mass is 370 g/mol. The summed E-state index contributed by atoms with van der Waals surface area (Å²) in [5, 5.41) is 0. The number of nitrogens with two attached hydrogens (primary N) is 1. The third-order valence-corrected chi connectivity index (χ3v) is 4.93. The van der Waals surface area contributed by atoms with Gasteiger partial charge in [0.2, 0.25) is 0 Å². The number of hydrogen-bond acceptors (Lipinski definition) is 3. The molecule has 0 unspecified atom stereocenters. The number of aromatic nitrogens is 1. The lowest BCUT2D eigenvalue weighted by molar-refractivity contribution is 0.0600. The highest BCUT2D eigenvalue weighted by Crippen LogP contribution is 2.36. The summed E-state index contributed by atoms with van der Waals surface area (Å²) in [7, 11) is 1.36. The van der Waals surface area contributed by atoms with Crippen molar-refractivity contribution in [2.45, 2.75) is 59.4 Å². The zero-order valence-corrected chi connectivity index (χ0v) is 17.0. The fourth-order valence-corrected chi connectivity index (χ4v) is 3.76. The Kier molecular flexibility index (Phi) is 6.83. The van der Waals surface area contributed by atoms with E-state index in [2.05, 4.69) is 25.3 Å². The normalized spacial score (nSPS) is 11.0. The zero-order chi connectivity index (χ0) is 20.1. The molecule has 1 aromatic carbocycles. The predicted octanol–water partition coefficient (Wildman–Crippen LogP) is 4.66. The molecule has 0 saturated carbocycles. The lowest BCUT2D eigenvalue weighted by Crippen LogP contribution is -2.14. The second kappa shape index (κ2) is 8.89. The van der Waals surface area contributed by atoms with Gasteiger partial charge in [0.1, 0.15) is 0 Å². The highest BCUT2D eigenvalue weighted by molar-refractivity contribution is 6.02. The minimum Gasteiger partial charge on any atom is -0.465 e. The van der Waals surface area contributed by atoms with Crippen LogP contribution in [-0.2, 0) is 11.2 Å². The van der Waals surface area contributed by atoms with Crippen LogP contribution in [0.4, 0.5) is 0 Å². The summed E-state index contributed by atoms with van der Waals surface area (Å²) in [6, 6.07) is 7.40. The van der Waals surface area contributed by atoms with Crippen LogP contribution in [0, 0.1) is 6.92 Å². The number of ether oxygens (including phenoxy) is 1. The van der Waals surface area contributed by atoms with Crippen LogP contribution < -0.4 is 5.73 Å². The fourth-order valence-electron chi connectivity index (χ4n) is 3.76. The first-order valence-corrected chi connectivity index (χ1v) is 9.55. The summed E-state index contributed by atoms with van der Waals surface area (Å²) in [5.74, 6) is -0.800. The molecule has 0 aliphatic heterocycles. The molecule has 1 amide bonds. The largest absolute Gasteiger partial charge is 0.465 e. The van der Waals surface area contributed by atoms with E-state index in [-0.39, 0.29) is 12.0 Å². The number of esters is 1. The van der Waals surface area contributed by atoms with Gasteiger partial charge in [-0.15, -0.1) is 0 Å². The Labute approximate surface area is 161 Å². The number of carbonyl (C=O) groups is 2. The number of rotatable bonds is 8. The summed E-state index contributed by atoms with van der Waals surface area (Å²) >= 11 is 0. The fraction of sp³-hybridized carbons (Fsp3) is 0.455. The Morgan fingerprint density at radius 3 is 2.26 bits per heavy atom. The molecule has 2 N–H and O–H groups in total. The van der Waals surface area contributed by atoms with Gasteiger partial charge in [-0.25, -0.2) is 4.79 Å². The number of carbonyl (C=O) groups excluding carboxylic acids is 2. The highest BCUT2D eigenvalue weighted by atomic mass is 16.5. The minimum absolute atomic E-state index is 0.225. The molecule has 0 saturated heterocycles. The van der Waals surface area contributed by atoms with Gasteiger partial charge in [0.25, 0.3) is 5.91 Å². The Morgan fingerprint density at radius 1 is 1.15 bits per heavy atom. The van der Waals surface area contributed by atoms with Gasteiger partial charge in [-0.1, -0.05) is 31.9 Å².